The average Bonchev–Trinajstić information content (AvgIpc) is 2.80. The molecule has 0 saturated carbocycles. The second kappa shape index (κ2) is 5.92. The highest BCUT2D eigenvalue weighted by Gasteiger charge is 2.35. The largest absolute Gasteiger partial charge is 0.465 e. The highest BCUT2D eigenvalue weighted by Crippen LogP contribution is 2.34. The number of aliphatic hydroxyl groups excluding tert-OH is 1. The minimum Gasteiger partial charge on any atom is -0.465 e. The van der Waals surface area contributed by atoms with Crippen molar-refractivity contribution < 1.29 is 24.3 Å². The van der Waals surface area contributed by atoms with Gasteiger partial charge in [0.15, 0.2) is 0 Å². The Hall–Kier alpha value is -2.42. The molecule has 2 rings (SSSR count). The average molecular weight is 299 g/mol. The molecule has 8 nitrogen and oxygen atoms in total. The van der Waals surface area contributed by atoms with Crippen molar-refractivity contribution >= 4 is 17.5 Å². The Morgan fingerprint density at radius 3 is 2.86 bits per heavy atom. The van der Waals surface area contributed by atoms with Crippen LogP contribution in [0.25, 0.3) is 0 Å². The predicted molar refractivity (Wildman–Crippen MR) is 70.8 cm³/mol. The van der Waals surface area contributed by atoms with Gasteiger partial charge in [-0.2, -0.15) is 0 Å². The van der Waals surface area contributed by atoms with Crippen LogP contribution in [0.1, 0.15) is 6.42 Å². The number of halogens is 1. The monoisotopic (exact) mass is 299 g/mol. The summed E-state index contributed by atoms with van der Waals surface area (Å²) in [6, 6.07) is 2.24. The fraction of sp³-hybridized carbons (Fsp3) is 0.417. The molecule has 1 aromatic rings. The van der Waals surface area contributed by atoms with Crippen molar-refractivity contribution in [1.29, 1.82) is 0 Å². The smallest absolute Gasteiger partial charge is 0.404 e. The van der Waals surface area contributed by atoms with Crippen LogP contribution < -0.4 is 10.2 Å². The number of nitrogens with one attached hydrogen (secondary N) is 1. The Bertz CT molecular complexity index is 568. The molecule has 2 unspecified atom stereocenters. The summed E-state index contributed by atoms with van der Waals surface area (Å²) in [7, 11) is 0. The third kappa shape index (κ3) is 3.19. The van der Waals surface area contributed by atoms with E-state index in [0.29, 0.717) is 6.42 Å². The molecule has 2 atom stereocenters. The topological polar surface area (TPSA) is 116 Å². The number of nitro benzene ring substituents is 1. The highest BCUT2D eigenvalue weighted by atomic mass is 19.1. The first kappa shape index (κ1) is 15.0. The normalized spacial score (nSPS) is 21.3. The van der Waals surface area contributed by atoms with Gasteiger partial charge in [0, 0.05) is 6.54 Å². The lowest BCUT2D eigenvalue weighted by Gasteiger charge is -2.24. The standard InChI is InChI=1S/C12H14FN3O5/c13-7-1-2-10(11(3-7)16(20)21)15-5-8(14-12(18)19)4-9(15)6-17/h1-3,8-9,14,17H,4-6H2,(H,18,19). The summed E-state index contributed by atoms with van der Waals surface area (Å²) in [5.41, 5.74) is -0.250. The van der Waals surface area contributed by atoms with Crippen molar-refractivity contribution in [2.24, 2.45) is 0 Å². The van der Waals surface area contributed by atoms with E-state index >= 15 is 0 Å². The summed E-state index contributed by atoms with van der Waals surface area (Å²) >= 11 is 0. The van der Waals surface area contributed by atoms with Crippen molar-refractivity contribution in [1.82, 2.24) is 5.32 Å². The molecule has 1 fully saturated rings. The van der Waals surface area contributed by atoms with Crippen LogP contribution in [-0.2, 0) is 0 Å². The molecular formula is C12H14FN3O5. The van der Waals surface area contributed by atoms with E-state index in [-0.39, 0.29) is 18.8 Å². The van der Waals surface area contributed by atoms with Crippen LogP contribution in [0.2, 0.25) is 0 Å². The summed E-state index contributed by atoms with van der Waals surface area (Å²) in [5, 5.41) is 31.4. The van der Waals surface area contributed by atoms with E-state index in [1.165, 1.54) is 11.0 Å². The van der Waals surface area contributed by atoms with E-state index in [9.17, 15) is 24.4 Å². The maximum atomic E-state index is 13.2. The molecule has 0 radical (unpaired) electrons. The quantitative estimate of drug-likeness (QED) is 0.563. The molecule has 1 heterocycles. The Balaban J connectivity index is 2.31. The Morgan fingerprint density at radius 2 is 2.29 bits per heavy atom. The van der Waals surface area contributed by atoms with Gasteiger partial charge in [-0.1, -0.05) is 0 Å². The number of amides is 1. The van der Waals surface area contributed by atoms with Crippen molar-refractivity contribution in [2.45, 2.75) is 18.5 Å². The third-order valence-electron chi connectivity index (χ3n) is 3.40. The van der Waals surface area contributed by atoms with Crippen LogP contribution in [0.3, 0.4) is 0 Å². The first-order valence-electron chi connectivity index (χ1n) is 6.23. The number of benzene rings is 1. The predicted octanol–water partition coefficient (Wildman–Crippen LogP) is 0.941. The lowest BCUT2D eigenvalue weighted by Crippen LogP contribution is -2.36. The maximum absolute atomic E-state index is 13.2. The van der Waals surface area contributed by atoms with Crippen molar-refractivity contribution in [3.05, 3.63) is 34.1 Å². The van der Waals surface area contributed by atoms with E-state index in [2.05, 4.69) is 5.32 Å². The molecule has 21 heavy (non-hydrogen) atoms. The van der Waals surface area contributed by atoms with Crippen LogP contribution in [0.15, 0.2) is 18.2 Å². The fourth-order valence-electron chi connectivity index (χ4n) is 2.55. The summed E-state index contributed by atoms with van der Waals surface area (Å²) in [6.45, 7) is -0.115. The molecule has 1 aliphatic rings. The summed E-state index contributed by atoms with van der Waals surface area (Å²) in [5.74, 6) is -0.731. The van der Waals surface area contributed by atoms with E-state index < -0.39 is 34.6 Å². The van der Waals surface area contributed by atoms with Gasteiger partial charge in [0.1, 0.15) is 11.5 Å². The van der Waals surface area contributed by atoms with Crippen LogP contribution in [0.4, 0.5) is 20.6 Å². The zero-order valence-electron chi connectivity index (χ0n) is 10.9. The molecular weight excluding hydrogens is 285 g/mol. The van der Waals surface area contributed by atoms with Crippen molar-refractivity contribution in [3.63, 3.8) is 0 Å². The van der Waals surface area contributed by atoms with Crippen LogP contribution in [-0.4, -0.2) is 46.5 Å². The van der Waals surface area contributed by atoms with Gasteiger partial charge in [-0.3, -0.25) is 10.1 Å². The summed E-state index contributed by atoms with van der Waals surface area (Å²) in [4.78, 5) is 22.5. The number of aliphatic hydroxyl groups is 1. The SMILES string of the molecule is O=C(O)NC1CC(CO)N(c2ccc(F)cc2[N+](=O)[O-])C1. The molecule has 0 aliphatic carbocycles. The number of rotatable bonds is 4. The number of nitrogens with zero attached hydrogens (tertiary/aromatic N) is 2. The van der Waals surface area contributed by atoms with Gasteiger partial charge in [0.2, 0.25) is 0 Å². The number of carboxylic acid groups (broad SMARTS) is 1. The second-order valence-corrected chi connectivity index (χ2v) is 4.76. The molecule has 9 heteroatoms. The van der Waals surface area contributed by atoms with E-state index in [0.717, 1.165) is 12.1 Å². The van der Waals surface area contributed by atoms with Crippen LogP contribution >= 0.6 is 0 Å². The number of hydrogen-bond donors (Lipinski definition) is 3. The van der Waals surface area contributed by atoms with Gasteiger partial charge in [-0.15, -0.1) is 0 Å². The molecule has 0 spiro atoms. The molecule has 1 amide bonds. The minimum absolute atomic E-state index is 0.162. The maximum Gasteiger partial charge on any atom is 0.404 e. The first-order valence-corrected chi connectivity index (χ1v) is 6.23. The van der Waals surface area contributed by atoms with Gasteiger partial charge in [0.25, 0.3) is 5.69 Å². The summed E-state index contributed by atoms with van der Waals surface area (Å²) < 4.78 is 13.2. The van der Waals surface area contributed by atoms with Crippen LogP contribution in [0.5, 0.6) is 0 Å². The van der Waals surface area contributed by atoms with Gasteiger partial charge < -0.3 is 20.4 Å². The van der Waals surface area contributed by atoms with E-state index in [1.54, 1.807) is 0 Å². The zero-order chi connectivity index (χ0) is 15.6. The molecule has 3 N–H and O–H groups in total. The first-order chi connectivity index (χ1) is 9.92. The second-order valence-electron chi connectivity index (χ2n) is 4.76. The lowest BCUT2D eigenvalue weighted by atomic mass is 10.1. The molecule has 1 aliphatic heterocycles. The van der Waals surface area contributed by atoms with Gasteiger partial charge >= 0.3 is 6.09 Å². The van der Waals surface area contributed by atoms with Gasteiger partial charge in [-0.25, -0.2) is 9.18 Å². The van der Waals surface area contributed by atoms with Crippen molar-refractivity contribution in [2.75, 3.05) is 18.1 Å². The fourth-order valence-corrected chi connectivity index (χ4v) is 2.55. The van der Waals surface area contributed by atoms with Gasteiger partial charge in [-0.05, 0) is 18.6 Å². The minimum atomic E-state index is -1.20. The van der Waals surface area contributed by atoms with Crippen LogP contribution in [0, 0.1) is 15.9 Å². The molecule has 0 aromatic heterocycles. The van der Waals surface area contributed by atoms with Gasteiger partial charge in [0.05, 0.1) is 29.7 Å². The Kier molecular flexibility index (Phi) is 4.22. The third-order valence-corrected chi connectivity index (χ3v) is 3.40. The molecule has 0 bridgehead atoms. The molecule has 114 valence electrons. The number of carbonyl (C=O) groups is 1. The number of anilines is 1. The van der Waals surface area contributed by atoms with E-state index in [4.69, 9.17) is 5.11 Å². The molecule has 1 saturated heterocycles. The van der Waals surface area contributed by atoms with E-state index in [1.807, 2.05) is 0 Å². The Labute approximate surface area is 118 Å². The highest BCUT2D eigenvalue weighted by molar-refractivity contribution is 5.67. The Morgan fingerprint density at radius 1 is 1.57 bits per heavy atom. The summed E-state index contributed by atoms with van der Waals surface area (Å²) in [6.07, 6.45) is -0.885. The lowest BCUT2D eigenvalue weighted by molar-refractivity contribution is -0.384. The molecule has 1 aromatic carbocycles. The zero-order valence-corrected chi connectivity index (χ0v) is 10.9. The number of hydrogen-bond acceptors (Lipinski definition) is 5. The number of nitro groups is 1. The van der Waals surface area contributed by atoms with Crippen molar-refractivity contribution in [3.8, 4) is 0 Å².